The molecule has 1 unspecified atom stereocenters. The fraction of sp³-hybridized carbons (Fsp3) is 0.417. The van der Waals surface area contributed by atoms with Gasteiger partial charge in [-0.05, 0) is 12.5 Å². The van der Waals surface area contributed by atoms with Gasteiger partial charge in [0.1, 0.15) is 0 Å². The van der Waals surface area contributed by atoms with Crippen molar-refractivity contribution in [3.05, 3.63) is 35.9 Å². The molecule has 0 bridgehead atoms. The minimum atomic E-state index is -2.56. The number of hydrogen-bond acceptors (Lipinski definition) is 2. The molecule has 0 saturated carbocycles. The molecule has 0 aliphatic rings. The lowest BCUT2D eigenvalue weighted by Crippen LogP contribution is -2.16. The van der Waals surface area contributed by atoms with Crippen molar-refractivity contribution < 1.29 is 18.3 Å². The van der Waals surface area contributed by atoms with Crippen LogP contribution in [0.3, 0.4) is 0 Å². The number of carbonyl (C=O) groups excluding carboxylic acids is 1. The average Bonchev–Trinajstić information content (AvgIpc) is 2.27. The molecule has 0 heterocycles. The van der Waals surface area contributed by atoms with E-state index in [0.717, 1.165) is 0 Å². The van der Waals surface area contributed by atoms with Crippen LogP contribution in [0.5, 0.6) is 0 Å². The molecule has 1 atom stereocenters. The SMILES string of the molecule is CCOC(=O)CC(c1ccccc1)C(F)F. The molecular formula is C12H14F2O2. The van der Waals surface area contributed by atoms with E-state index in [1.165, 1.54) is 0 Å². The summed E-state index contributed by atoms with van der Waals surface area (Å²) >= 11 is 0. The van der Waals surface area contributed by atoms with Gasteiger partial charge in [0.05, 0.1) is 18.9 Å². The first-order chi connectivity index (χ1) is 7.65. The van der Waals surface area contributed by atoms with Crippen LogP contribution < -0.4 is 0 Å². The Balaban J connectivity index is 2.73. The normalized spacial score (nSPS) is 12.5. The van der Waals surface area contributed by atoms with E-state index in [1.54, 1.807) is 37.3 Å². The van der Waals surface area contributed by atoms with Crippen LogP contribution in [0.4, 0.5) is 8.78 Å². The van der Waals surface area contributed by atoms with Crippen molar-refractivity contribution in [2.24, 2.45) is 0 Å². The van der Waals surface area contributed by atoms with Gasteiger partial charge in [-0.15, -0.1) is 0 Å². The molecule has 0 aliphatic carbocycles. The number of hydrogen-bond donors (Lipinski definition) is 0. The summed E-state index contributed by atoms with van der Waals surface area (Å²) in [6, 6.07) is 8.29. The second-order valence-corrected chi connectivity index (χ2v) is 3.36. The van der Waals surface area contributed by atoms with Crippen molar-refractivity contribution in [2.45, 2.75) is 25.7 Å². The van der Waals surface area contributed by atoms with E-state index >= 15 is 0 Å². The highest BCUT2D eigenvalue weighted by molar-refractivity contribution is 5.70. The van der Waals surface area contributed by atoms with Crippen LogP contribution in [0.2, 0.25) is 0 Å². The van der Waals surface area contributed by atoms with Crippen LogP contribution in [0.25, 0.3) is 0 Å². The van der Waals surface area contributed by atoms with Gasteiger partial charge in [-0.3, -0.25) is 4.79 Å². The molecule has 1 rings (SSSR count). The highest BCUT2D eigenvalue weighted by atomic mass is 19.3. The van der Waals surface area contributed by atoms with Crippen molar-refractivity contribution in [1.82, 2.24) is 0 Å². The largest absolute Gasteiger partial charge is 0.466 e. The Labute approximate surface area is 93.2 Å². The Kier molecular flexibility index (Phi) is 4.89. The third kappa shape index (κ3) is 3.61. The molecule has 4 heteroatoms. The van der Waals surface area contributed by atoms with E-state index < -0.39 is 18.3 Å². The van der Waals surface area contributed by atoms with Crippen LogP contribution >= 0.6 is 0 Å². The maximum absolute atomic E-state index is 12.8. The molecule has 0 aliphatic heterocycles. The van der Waals surface area contributed by atoms with Gasteiger partial charge in [-0.1, -0.05) is 30.3 Å². The first-order valence-electron chi connectivity index (χ1n) is 5.13. The van der Waals surface area contributed by atoms with Gasteiger partial charge in [0.15, 0.2) is 0 Å². The number of alkyl halides is 2. The van der Waals surface area contributed by atoms with Gasteiger partial charge < -0.3 is 4.74 Å². The molecule has 88 valence electrons. The highest BCUT2D eigenvalue weighted by Crippen LogP contribution is 2.26. The van der Waals surface area contributed by atoms with Crippen molar-refractivity contribution in [1.29, 1.82) is 0 Å². The quantitative estimate of drug-likeness (QED) is 0.724. The molecule has 0 radical (unpaired) electrons. The van der Waals surface area contributed by atoms with E-state index in [-0.39, 0.29) is 13.0 Å². The number of rotatable bonds is 5. The third-order valence-electron chi connectivity index (χ3n) is 2.22. The van der Waals surface area contributed by atoms with E-state index in [1.807, 2.05) is 0 Å². The molecule has 0 spiro atoms. The zero-order valence-electron chi connectivity index (χ0n) is 9.03. The first-order valence-corrected chi connectivity index (χ1v) is 5.13. The molecule has 0 amide bonds. The topological polar surface area (TPSA) is 26.3 Å². The predicted molar refractivity (Wildman–Crippen MR) is 56.4 cm³/mol. The number of esters is 1. The molecule has 16 heavy (non-hydrogen) atoms. The monoisotopic (exact) mass is 228 g/mol. The van der Waals surface area contributed by atoms with Gasteiger partial charge in [-0.2, -0.15) is 0 Å². The third-order valence-corrected chi connectivity index (χ3v) is 2.22. The summed E-state index contributed by atoms with van der Waals surface area (Å²) in [5.74, 6) is -1.67. The fourth-order valence-electron chi connectivity index (χ4n) is 1.45. The second kappa shape index (κ2) is 6.20. The molecular weight excluding hydrogens is 214 g/mol. The fourth-order valence-corrected chi connectivity index (χ4v) is 1.45. The van der Waals surface area contributed by atoms with Crippen molar-refractivity contribution in [3.8, 4) is 0 Å². The number of benzene rings is 1. The van der Waals surface area contributed by atoms with Crippen molar-refractivity contribution in [2.75, 3.05) is 6.61 Å². The lowest BCUT2D eigenvalue weighted by molar-refractivity contribution is -0.144. The molecule has 1 aromatic rings. The smallest absolute Gasteiger partial charge is 0.306 e. The number of halogens is 2. The lowest BCUT2D eigenvalue weighted by Gasteiger charge is -2.15. The number of ether oxygens (including phenoxy) is 1. The number of carbonyl (C=O) groups is 1. The highest BCUT2D eigenvalue weighted by Gasteiger charge is 2.25. The summed E-state index contributed by atoms with van der Waals surface area (Å²) in [6.07, 6.45) is -2.85. The van der Waals surface area contributed by atoms with Gasteiger partial charge in [0.25, 0.3) is 0 Å². The first kappa shape index (κ1) is 12.6. The summed E-state index contributed by atoms with van der Waals surface area (Å²) in [5, 5.41) is 0. The molecule has 0 aromatic heterocycles. The van der Waals surface area contributed by atoms with Crippen LogP contribution in [0.15, 0.2) is 30.3 Å². The summed E-state index contributed by atoms with van der Waals surface area (Å²) in [5.41, 5.74) is 0.463. The molecule has 0 fully saturated rings. The van der Waals surface area contributed by atoms with Gasteiger partial charge in [0.2, 0.25) is 6.43 Å². The summed E-state index contributed by atoms with van der Waals surface area (Å²) in [7, 11) is 0. The van der Waals surface area contributed by atoms with Crippen molar-refractivity contribution >= 4 is 5.97 Å². The maximum Gasteiger partial charge on any atom is 0.306 e. The van der Waals surface area contributed by atoms with E-state index in [2.05, 4.69) is 4.74 Å². The summed E-state index contributed by atoms with van der Waals surface area (Å²) in [6.45, 7) is 1.86. The Hall–Kier alpha value is -1.45. The van der Waals surface area contributed by atoms with Crippen molar-refractivity contribution in [3.63, 3.8) is 0 Å². The molecule has 0 saturated heterocycles. The summed E-state index contributed by atoms with van der Waals surface area (Å²) < 4.78 is 30.2. The van der Waals surface area contributed by atoms with Gasteiger partial charge >= 0.3 is 5.97 Å². The van der Waals surface area contributed by atoms with Crippen LogP contribution in [0, 0.1) is 0 Å². The van der Waals surface area contributed by atoms with E-state index in [4.69, 9.17) is 0 Å². The predicted octanol–water partition coefficient (Wildman–Crippen LogP) is 2.99. The average molecular weight is 228 g/mol. The maximum atomic E-state index is 12.8. The minimum Gasteiger partial charge on any atom is -0.466 e. The van der Waals surface area contributed by atoms with E-state index in [9.17, 15) is 13.6 Å². The minimum absolute atomic E-state index is 0.212. The van der Waals surface area contributed by atoms with Gasteiger partial charge in [-0.25, -0.2) is 8.78 Å². The Bertz CT molecular complexity index is 325. The van der Waals surface area contributed by atoms with Crippen LogP contribution in [-0.4, -0.2) is 19.0 Å². The second-order valence-electron chi connectivity index (χ2n) is 3.36. The Morgan fingerprint density at radius 3 is 2.44 bits per heavy atom. The Morgan fingerprint density at radius 1 is 1.31 bits per heavy atom. The molecule has 2 nitrogen and oxygen atoms in total. The van der Waals surface area contributed by atoms with Crippen LogP contribution in [-0.2, 0) is 9.53 Å². The standard InChI is InChI=1S/C12H14F2O2/c1-2-16-11(15)8-10(12(13)14)9-6-4-3-5-7-9/h3-7,10,12H,2,8H2,1H3. The molecule has 0 N–H and O–H groups in total. The van der Waals surface area contributed by atoms with Crippen LogP contribution in [0.1, 0.15) is 24.8 Å². The molecule has 1 aromatic carbocycles. The van der Waals surface area contributed by atoms with E-state index in [0.29, 0.717) is 5.56 Å². The van der Waals surface area contributed by atoms with Gasteiger partial charge in [0, 0.05) is 0 Å². The zero-order valence-corrected chi connectivity index (χ0v) is 9.03. The zero-order chi connectivity index (χ0) is 12.0. The summed E-state index contributed by atoms with van der Waals surface area (Å²) in [4.78, 5) is 11.2. The Morgan fingerprint density at radius 2 is 1.94 bits per heavy atom. The lowest BCUT2D eigenvalue weighted by atomic mass is 9.96.